The molecule has 0 aromatic heterocycles. The molecule has 0 nitrogen and oxygen atoms in total. The molecule has 1 heteroatoms. The lowest BCUT2D eigenvalue weighted by Crippen LogP contribution is -1.98. The molecule has 0 heterocycles. The molecule has 1 atom stereocenters. The van der Waals surface area contributed by atoms with E-state index in [0.29, 0.717) is 5.38 Å². The van der Waals surface area contributed by atoms with E-state index >= 15 is 0 Å². The summed E-state index contributed by atoms with van der Waals surface area (Å²) in [6, 6.07) is 0. The van der Waals surface area contributed by atoms with Crippen molar-refractivity contribution in [3.63, 3.8) is 0 Å². The van der Waals surface area contributed by atoms with Gasteiger partial charge in [0.2, 0.25) is 0 Å². The van der Waals surface area contributed by atoms with Crippen LogP contribution in [-0.4, -0.2) is 5.38 Å². The van der Waals surface area contributed by atoms with Crippen molar-refractivity contribution in [2.45, 2.75) is 128 Å². The van der Waals surface area contributed by atoms with Crippen LogP contribution in [0.2, 0.25) is 0 Å². The van der Waals surface area contributed by atoms with Crippen molar-refractivity contribution < 1.29 is 0 Å². The predicted octanol–water partition coefficient (Wildman–Crippen LogP) is 8.27. The van der Waals surface area contributed by atoms with Crippen molar-refractivity contribution in [2.24, 2.45) is 0 Å². The Morgan fingerprint density at radius 1 is 0.476 bits per heavy atom. The van der Waals surface area contributed by atoms with Gasteiger partial charge in [0.15, 0.2) is 0 Å². The van der Waals surface area contributed by atoms with Gasteiger partial charge in [-0.25, -0.2) is 0 Å². The number of alkyl halides is 1. The number of rotatable bonds is 17. The highest BCUT2D eigenvalue weighted by atomic mass is 35.5. The molecular weight excluding hydrogens is 276 g/mol. The van der Waals surface area contributed by atoms with Gasteiger partial charge in [0.1, 0.15) is 0 Å². The monoisotopic (exact) mass is 316 g/mol. The zero-order valence-corrected chi connectivity index (χ0v) is 15.7. The van der Waals surface area contributed by atoms with Crippen molar-refractivity contribution in [3.05, 3.63) is 0 Å². The Kier molecular flexibility index (Phi) is 18.6. The zero-order valence-electron chi connectivity index (χ0n) is 15.0. The highest BCUT2D eigenvalue weighted by molar-refractivity contribution is 6.20. The highest BCUT2D eigenvalue weighted by Crippen LogP contribution is 2.18. The van der Waals surface area contributed by atoms with Crippen molar-refractivity contribution in [1.82, 2.24) is 0 Å². The van der Waals surface area contributed by atoms with Crippen molar-refractivity contribution in [3.8, 4) is 0 Å². The normalized spacial score (nSPS) is 12.7. The van der Waals surface area contributed by atoms with Crippen LogP contribution < -0.4 is 0 Å². The molecule has 0 aliphatic rings. The zero-order chi connectivity index (χ0) is 15.6. The predicted molar refractivity (Wildman–Crippen MR) is 99.5 cm³/mol. The van der Waals surface area contributed by atoms with Gasteiger partial charge in [0.05, 0.1) is 0 Å². The Morgan fingerprint density at radius 3 is 1.10 bits per heavy atom. The van der Waals surface area contributed by atoms with Crippen LogP contribution in [0.3, 0.4) is 0 Å². The second kappa shape index (κ2) is 18.3. The molecule has 0 saturated carbocycles. The molecule has 0 fully saturated rings. The van der Waals surface area contributed by atoms with E-state index in [1.54, 1.807) is 0 Å². The highest BCUT2D eigenvalue weighted by Gasteiger charge is 2.04. The molecule has 128 valence electrons. The van der Waals surface area contributed by atoms with Crippen LogP contribution in [0.15, 0.2) is 0 Å². The van der Waals surface area contributed by atoms with Gasteiger partial charge in [-0.3, -0.25) is 0 Å². The van der Waals surface area contributed by atoms with Crippen LogP contribution in [0.4, 0.5) is 0 Å². The van der Waals surface area contributed by atoms with Crippen LogP contribution in [0.1, 0.15) is 123 Å². The average molecular weight is 317 g/mol. The first kappa shape index (κ1) is 21.3. The molecule has 0 amide bonds. The lowest BCUT2D eigenvalue weighted by molar-refractivity contribution is 0.530. The Labute approximate surface area is 140 Å². The first-order valence-electron chi connectivity index (χ1n) is 9.95. The lowest BCUT2D eigenvalue weighted by atomic mass is 10.0. The quantitative estimate of drug-likeness (QED) is 0.187. The summed E-state index contributed by atoms with van der Waals surface area (Å²) < 4.78 is 0. The molecule has 0 saturated heterocycles. The molecule has 0 bridgehead atoms. The summed E-state index contributed by atoms with van der Waals surface area (Å²) in [5.74, 6) is 0. The minimum atomic E-state index is 0.445. The number of hydrogen-bond donors (Lipinski definition) is 0. The fraction of sp³-hybridized carbons (Fsp3) is 1.00. The third kappa shape index (κ3) is 18.2. The fourth-order valence-corrected chi connectivity index (χ4v) is 3.28. The summed E-state index contributed by atoms with van der Waals surface area (Å²) in [5.41, 5.74) is 0. The van der Waals surface area contributed by atoms with E-state index in [4.69, 9.17) is 11.6 Å². The first-order valence-corrected chi connectivity index (χ1v) is 10.4. The number of unbranched alkanes of at least 4 members (excludes halogenated alkanes) is 13. The van der Waals surface area contributed by atoms with Gasteiger partial charge in [0.25, 0.3) is 0 Å². The molecule has 0 aromatic rings. The molecule has 0 aromatic carbocycles. The van der Waals surface area contributed by atoms with Crippen LogP contribution in [-0.2, 0) is 0 Å². The maximum atomic E-state index is 6.42. The molecule has 0 aliphatic heterocycles. The third-order valence-electron chi connectivity index (χ3n) is 4.49. The molecule has 0 rings (SSSR count). The van der Waals surface area contributed by atoms with Gasteiger partial charge in [-0.05, 0) is 12.8 Å². The summed E-state index contributed by atoms with van der Waals surface area (Å²) in [4.78, 5) is 0. The van der Waals surface area contributed by atoms with E-state index in [0.717, 1.165) is 0 Å². The van der Waals surface area contributed by atoms with E-state index in [2.05, 4.69) is 13.8 Å². The Balaban J connectivity index is 3.10. The number of halogens is 1. The average Bonchev–Trinajstić information content (AvgIpc) is 2.49. The van der Waals surface area contributed by atoms with Gasteiger partial charge in [-0.1, -0.05) is 110 Å². The van der Waals surface area contributed by atoms with E-state index in [9.17, 15) is 0 Å². The van der Waals surface area contributed by atoms with E-state index in [1.807, 2.05) is 0 Å². The Morgan fingerprint density at radius 2 is 0.762 bits per heavy atom. The molecule has 1 unspecified atom stereocenters. The molecule has 0 radical (unpaired) electrons. The summed E-state index contributed by atoms with van der Waals surface area (Å²) >= 11 is 6.42. The Bertz CT molecular complexity index is 179. The smallest absolute Gasteiger partial charge is 0.0336 e. The van der Waals surface area contributed by atoms with Gasteiger partial charge >= 0.3 is 0 Å². The van der Waals surface area contributed by atoms with Crippen molar-refractivity contribution >= 4 is 11.6 Å². The van der Waals surface area contributed by atoms with Crippen LogP contribution in [0, 0.1) is 0 Å². The second-order valence-corrected chi connectivity index (χ2v) is 7.39. The van der Waals surface area contributed by atoms with E-state index in [1.165, 1.54) is 109 Å². The summed E-state index contributed by atoms with van der Waals surface area (Å²) in [7, 11) is 0. The maximum Gasteiger partial charge on any atom is 0.0336 e. The van der Waals surface area contributed by atoms with Gasteiger partial charge in [0, 0.05) is 5.38 Å². The summed E-state index contributed by atoms with van der Waals surface area (Å²) in [6.07, 6.45) is 23.5. The second-order valence-electron chi connectivity index (χ2n) is 6.77. The maximum absolute atomic E-state index is 6.42. The minimum Gasteiger partial charge on any atom is -0.123 e. The van der Waals surface area contributed by atoms with Crippen molar-refractivity contribution in [2.75, 3.05) is 0 Å². The minimum absolute atomic E-state index is 0.445. The largest absolute Gasteiger partial charge is 0.123 e. The number of hydrogen-bond acceptors (Lipinski definition) is 0. The fourth-order valence-electron chi connectivity index (χ4n) is 2.97. The molecule has 21 heavy (non-hydrogen) atoms. The molecule has 0 spiro atoms. The molecular formula is C20H41Cl. The van der Waals surface area contributed by atoms with Gasteiger partial charge in [-0.2, -0.15) is 0 Å². The third-order valence-corrected chi connectivity index (χ3v) is 4.93. The van der Waals surface area contributed by atoms with E-state index < -0.39 is 0 Å². The Hall–Kier alpha value is 0.290. The standard InChI is InChI=1S/C20H41Cl/c1-3-5-7-9-11-12-13-15-17-19-20(21)18-16-14-10-8-6-4-2/h20H,3-19H2,1-2H3. The summed E-state index contributed by atoms with van der Waals surface area (Å²) in [6.45, 7) is 4.56. The molecule has 0 aliphatic carbocycles. The van der Waals surface area contributed by atoms with E-state index in [-0.39, 0.29) is 0 Å². The first-order chi connectivity index (χ1) is 10.3. The SMILES string of the molecule is CCCCCCCCCCCC(Cl)CCCCCCCC. The van der Waals surface area contributed by atoms with Gasteiger partial charge < -0.3 is 0 Å². The molecule has 0 N–H and O–H groups in total. The van der Waals surface area contributed by atoms with Crippen LogP contribution >= 0.6 is 11.6 Å². The van der Waals surface area contributed by atoms with Crippen LogP contribution in [0.5, 0.6) is 0 Å². The van der Waals surface area contributed by atoms with Gasteiger partial charge in [-0.15, -0.1) is 11.6 Å². The topological polar surface area (TPSA) is 0 Å². The van der Waals surface area contributed by atoms with Crippen molar-refractivity contribution in [1.29, 1.82) is 0 Å². The summed E-state index contributed by atoms with van der Waals surface area (Å²) in [5, 5.41) is 0.445. The van der Waals surface area contributed by atoms with Crippen LogP contribution in [0.25, 0.3) is 0 Å². The lowest BCUT2D eigenvalue weighted by Gasteiger charge is -2.09.